The van der Waals surface area contributed by atoms with Crippen LogP contribution in [0.25, 0.3) is 0 Å². The molecule has 1 aliphatic rings. The topological polar surface area (TPSA) is 38.3 Å². The Morgan fingerprint density at radius 1 is 1.06 bits per heavy atom. The fraction of sp³-hybridized carbons (Fsp3) is 0.133. The van der Waals surface area contributed by atoms with Crippen molar-refractivity contribution >= 4 is 5.91 Å². The van der Waals surface area contributed by atoms with Gasteiger partial charge in [-0.15, -0.1) is 0 Å². The maximum atomic E-state index is 12.0. The number of amides is 1. The molecule has 0 aromatic heterocycles. The van der Waals surface area contributed by atoms with Crippen LogP contribution in [0.5, 0.6) is 5.75 Å². The summed E-state index contributed by atoms with van der Waals surface area (Å²) in [6.45, 7) is 2.01. The monoisotopic (exact) mass is 239 g/mol. The molecule has 0 saturated carbocycles. The van der Waals surface area contributed by atoms with Gasteiger partial charge < -0.3 is 10.1 Å². The smallest absolute Gasteiger partial charge is 0.258 e. The van der Waals surface area contributed by atoms with Crippen molar-refractivity contribution in [1.29, 1.82) is 0 Å². The lowest BCUT2D eigenvalue weighted by molar-refractivity contribution is 0.0755. The number of rotatable bonds is 1. The number of carbonyl (C=O) groups is 1. The van der Waals surface area contributed by atoms with E-state index in [2.05, 4.69) is 5.32 Å². The maximum absolute atomic E-state index is 12.0. The number of hydrogen-bond acceptors (Lipinski definition) is 2. The van der Waals surface area contributed by atoms with E-state index in [0.29, 0.717) is 11.3 Å². The maximum Gasteiger partial charge on any atom is 0.258 e. The molecule has 0 unspecified atom stereocenters. The van der Waals surface area contributed by atoms with Gasteiger partial charge in [-0.3, -0.25) is 4.79 Å². The molecule has 0 spiro atoms. The highest BCUT2D eigenvalue weighted by atomic mass is 16.5. The van der Waals surface area contributed by atoms with Crippen molar-refractivity contribution in [2.24, 2.45) is 0 Å². The summed E-state index contributed by atoms with van der Waals surface area (Å²) >= 11 is 0. The third-order valence-electron chi connectivity index (χ3n) is 3.11. The van der Waals surface area contributed by atoms with E-state index >= 15 is 0 Å². The average Bonchev–Trinajstić information content (AvgIpc) is 2.39. The van der Waals surface area contributed by atoms with Crippen molar-refractivity contribution in [3.63, 3.8) is 0 Å². The molecule has 3 heteroatoms. The molecule has 2 aromatic rings. The van der Waals surface area contributed by atoms with Crippen molar-refractivity contribution in [3.8, 4) is 5.75 Å². The SMILES string of the molecule is Cc1ccccc1[C@H]1NC(=O)c2ccccc2O1. The van der Waals surface area contributed by atoms with Crippen molar-refractivity contribution in [2.45, 2.75) is 13.2 Å². The molecule has 1 amide bonds. The minimum Gasteiger partial charge on any atom is -0.466 e. The van der Waals surface area contributed by atoms with E-state index in [-0.39, 0.29) is 5.91 Å². The second kappa shape index (κ2) is 4.18. The Bertz CT molecular complexity index is 607. The second-order valence-electron chi connectivity index (χ2n) is 4.32. The van der Waals surface area contributed by atoms with Gasteiger partial charge in [0.2, 0.25) is 0 Å². The minimum absolute atomic E-state index is 0.0925. The van der Waals surface area contributed by atoms with Gasteiger partial charge in [-0.1, -0.05) is 36.4 Å². The van der Waals surface area contributed by atoms with E-state index < -0.39 is 6.23 Å². The highest BCUT2D eigenvalue weighted by molar-refractivity contribution is 5.98. The van der Waals surface area contributed by atoms with Gasteiger partial charge >= 0.3 is 0 Å². The summed E-state index contributed by atoms with van der Waals surface area (Å²) in [5.41, 5.74) is 2.67. The predicted octanol–water partition coefficient (Wildman–Crippen LogP) is 2.82. The van der Waals surface area contributed by atoms with Crippen molar-refractivity contribution < 1.29 is 9.53 Å². The molecular formula is C15H13NO2. The highest BCUT2D eigenvalue weighted by Crippen LogP contribution is 2.29. The number of hydrogen-bond donors (Lipinski definition) is 1. The van der Waals surface area contributed by atoms with Crippen LogP contribution >= 0.6 is 0 Å². The van der Waals surface area contributed by atoms with Crippen LogP contribution in [0.2, 0.25) is 0 Å². The quantitative estimate of drug-likeness (QED) is 0.831. The summed E-state index contributed by atoms with van der Waals surface area (Å²) in [6, 6.07) is 15.2. The van der Waals surface area contributed by atoms with Crippen LogP contribution in [0.15, 0.2) is 48.5 Å². The van der Waals surface area contributed by atoms with E-state index in [4.69, 9.17) is 4.74 Å². The fourth-order valence-corrected chi connectivity index (χ4v) is 2.13. The van der Waals surface area contributed by atoms with E-state index in [0.717, 1.165) is 11.1 Å². The number of nitrogens with one attached hydrogen (secondary N) is 1. The van der Waals surface area contributed by atoms with Gasteiger partial charge in [0.25, 0.3) is 5.91 Å². The van der Waals surface area contributed by atoms with Crippen LogP contribution in [0.3, 0.4) is 0 Å². The molecule has 3 rings (SSSR count). The Hall–Kier alpha value is -2.29. The van der Waals surface area contributed by atoms with Gasteiger partial charge in [0, 0.05) is 5.56 Å². The first kappa shape index (κ1) is 10.8. The van der Waals surface area contributed by atoms with Gasteiger partial charge in [-0.05, 0) is 24.6 Å². The highest BCUT2D eigenvalue weighted by Gasteiger charge is 2.26. The third kappa shape index (κ3) is 1.74. The largest absolute Gasteiger partial charge is 0.466 e. The van der Waals surface area contributed by atoms with Crippen molar-refractivity contribution in [2.75, 3.05) is 0 Å². The summed E-state index contributed by atoms with van der Waals surface area (Å²) in [4.78, 5) is 12.0. The van der Waals surface area contributed by atoms with Crippen molar-refractivity contribution in [3.05, 3.63) is 65.2 Å². The lowest BCUT2D eigenvalue weighted by Gasteiger charge is -2.27. The summed E-state index contributed by atoms with van der Waals surface area (Å²) in [6.07, 6.45) is -0.409. The standard InChI is InChI=1S/C15H13NO2/c1-10-6-2-3-7-11(10)15-16-14(17)12-8-4-5-9-13(12)18-15/h2-9,15H,1H3,(H,16,17)/t15-/m0/s1. The van der Waals surface area contributed by atoms with Gasteiger partial charge in [0.15, 0.2) is 6.23 Å². The molecule has 18 heavy (non-hydrogen) atoms. The van der Waals surface area contributed by atoms with Crippen molar-refractivity contribution in [1.82, 2.24) is 5.32 Å². The molecule has 1 aliphatic heterocycles. The molecule has 0 radical (unpaired) electrons. The van der Waals surface area contributed by atoms with Gasteiger partial charge in [0.05, 0.1) is 5.56 Å². The number of para-hydroxylation sites is 1. The minimum atomic E-state index is -0.409. The molecule has 0 fully saturated rings. The van der Waals surface area contributed by atoms with Crippen LogP contribution in [0.4, 0.5) is 0 Å². The predicted molar refractivity (Wildman–Crippen MR) is 68.5 cm³/mol. The van der Waals surface area contributed by atoms with Crippen LogP contribution in [0, 0.1) is 6.92 Å². The number of ether oxygens (including phenoxy) is 1. The lowest BCUT2D eigenvalue weighted by atomic mass is 10.1. The second-order valence-corrected chi connectivity index (χ2v) is 4.32. The van der Waals surface area contributed by atoms with E-state index in [1.54, 1.807) is 6.07 Å². The molecule has 2 aromatic carbocycles. The molecule has 90 valence electrons. The first-order chi connectivity index (χ1) is 8.75. The fourth-order valence-electron chi connectivity index (χ4n) is 2.13. The zero-order valence-electron chi connectivity index (χ0n) is 10.0. The molecule has 0 bridgehead atoms. The van der Waals surface area contributed by atoms with Crippen LogP contribution in [-0.2, 0) is 0 Å². The molecular weight excluding hydrogens is 226 g/mol. The summed E-state index contributed by atoms with van der Waals surface area (Å²) < 4.78 is 5.84. The molecule has 1 N–H and O–H groups in total. The normalized spacial score (nSPS) is 17.6. The summed E-state index contributed by atoms with van der Waals surface area (Å²) in [5, 5.41) is 2.87. The number of aryl methyl sites for hydroxylation is 1. The molecule has 1 heterocycles. The first-order valence-corrected chi connectivity index (χ1v) is 5.88. The van der Waals surface area contributed by atoms with E-state index in [1.807, 2.05) is 49.4 Å². The van der Waals surface area contributed by atoms with Gasteiger partial charge in [0.1, 0.15) is 5.75 Å². The van der Waals surface area contributed by atoms with Crippen LogP contribution < -0.4 is 10.1 Å². The molecule has 0 saturated heterocycles. The Morgan fingerprint density at radius 2 is 1.78 bits per heavy atom. The Labute approximate surface area is 105 Å². The number of carbonyl (C=O) groups excluding carboxylic acids is 1. The Kier molecular flexibility index (Phi) is 2.52. The molecule has 0 aliphatic carbocycles. The van der Waals surface area contributed by atoms with Gasteiger partial charge in [-0.25, -0.2) is 0 Å². The number of fused-ring (bicyclic) bond motifs is 1. The molecule has 1 atom stereocenters. The summed E-state index contributed by atoms with van der Waals surface area (Å²) in [7, 11) is 0. The first-order valence-electron chi connectivity index (χ1n) is 5.88. The summed E-state index contributed by atoms with van der Waals surface area (Å²) in [5.74, 6) is 0.541. The van der Waals surface area contributed by atoms with Crippen LogP contribution in [-0.4, -0.2) is 5.91 Å². The van der Waals surface area contributed by atoms with E-state index in [1.165, 1.54) is 0 Å². The Balaban J connectivity index is 2.00. The number of benzene rings is 2. The average molecular weight is 239 g/mol. The zero-order valence-corrected chi connectivity index (χ0v) is 10.0. The zero-order chi connectivity index (χ0) is 12.5. The van der Waals surface area contributed by atoms with Crippen LogP contribution in [0.1, 0.15) is 27.7 Å². The lowest BCUT2D eigenvalue weighted by Crippen LogP contribution is -2.37. The van der Waals surface area contributed by atoms with E-state index in [9.17, 15) is 4.79 Å². The third-order valence-corrected chi connectivity index (χ3v) is 3.11. The molecule has 3 nitrogen and oxygen atoms in total. The Morgan fingerprint density at radius 3 is 2.61 bits per heavy atom. The van der Waals surface area contributed by atoms with Gasteiger partial charge in [-0.2, -0.15) is 0 Å².